The van der Waals surface area contributed by atoms with Crippen molar-refractivity contribution in [2.24, 2.45) is 5.14 Å². The normalized spacial score (nSPS) is 11.3. The molecule has 1 aromatic carbocycles. The largest absolute Gasteiger partial charge is 0.492 e. The third-order valence-corrected chi connectivity index (χ3v) is 3.13. The van der Waals surface area contributed by atoms with Gasteiger partial charge in [0.15, 0.2) is 0 Å². The van der Waals surface area contributed by atoms with E-state index >= 15 is 0 Å². The van der Waals surface area contributed by atoms with E-state index in [4.69, 9.17) is 14.6 Å². The van der Waals surface area contributed by atoms with Crippen LogP contribution in [0.1, 0.15) is 6.42 Å². The zero-order chi connectivity index (χ0) is 14.5. The smallest absolute Gasteiger partial charge is 0.271 e. The molecular formula is C10H14N2O6S. The second-order valence-corrected chi connectivity index (χ2v) is 5.16. The Hall–Kier alpha value is -1.71. The minimum atomic E-state index is -4.09. The van der Waals surface area contributed by atoms with Crippen molar-refractivity contribution >= 4 is 15.7 Å². The predicted molar refractivity (Wildman–Crippen MR) is 66.5 cm³/mol. The Bertz CT molecular complexity index is 557. The number of benzene rings is 1. The molecule has 2 N–H and O–H groups in total. The van der Waals surface area contributed by atoms with Crippen LogP contribution < -0.4 is 9.88 Å². The molecule has 19 heavy (non-hydrogen) atoms. The number of methoxy groups -OCH3 is 1. The Morgan fingerprint density at radius 2 is 2.05 bits per heavy atom. The van der Waals surface area contributed by atoms with E-state index in [2.05, 4.69) is 0 Å². The molecule has 0 aliphatic heterocycles. The molecule has 0 amide bonds. The van der Waals surface area contributed by atoms with E-state index in [0.29, 0.717) is 13.0 Å². The molecule has 0 saturated heterocycles. The lowest BCUT2D eigenvalue weighted by Crippen LogP contribution is -2.15. The van der Waals surface area contributed by atoms with Crippen LogP contribution in [0.4, 0.5) is 5.69 Å². The van der Waals surface area contributed by atoms with Gasteiger partial charge >= 0.3 is 0 Å². The van der Waals surface area contributed by atoms with Gasteiger partial charge in [0.25, 0.3) is 5.69 Å². The molecule has 0 aromatic heterocycles. The predicted octanol–water partition coefficient (Wildman–Crippen LogP) is 0.658. The number of primary sulfonamides is 1. The number of ether oxygens (including phenoxy) is 2. The van der Waals surface area contributed by atoms with Gasteiger partial charge in [-0.05, 0) is 6.07 Å². The molecule has 0 bridgehead atoms. The van der Waals surface area contributed by atoms with Crippen molar-refractivity contribution in [3.05, 3.63) is 28.3 Å². The van der Waals surface area contributed by atoms with E-state index < -0.39 is 19.8 Å². The quantitative estimate of drug-likeness (QED) is 0.447. The number of rotatable bonds is 7. The standard InChI is InChI=1S/C10H14N2O6S/c1-17-5-2-6-18-9-4-3-8(12(13)14)7-10(9)19(11,15)16/h3-4,7H,2,5-6H2,1H3,(H2,11,15,16). The summed E-state index contributed by atoms with van der Waals surface area (Å²) >= 11 is 0. The van der Waals surface area contributed by atoms with Gasteiger partial charge in [-0.25, -0.2) is 13.6 Å². The summed E-state index contributed by atoms with van der Waals surface area (Å²) < 4.78 is 32.8. The highest BCUT2D eigenvalue weighted by molar-refractivity contribution is 7.89. The minimum absolute atomic E-state index is 0.01000. The highest BCUT2D eigenvalue weighted by atomic mass is 32.2. The topological polar surface area (TPSA) is 122 Å². The number of sulfonamides is 1. The van der Waals surface area contributed by atoms with Crippen LogP contribution in [-0.4, -0.2) is 33.7 Å². The summed E-state index contributed by atoms with van der Waals surface area (Å²) in [5.41, 5.74) is -0.367. The van der Waals surface area contributed by atoms with E-state index in [1.54, 1.807) is 0 Å². The van der Waals surface area contributed by atoms with Crippen molar-refractivity contribution in [1.82, 2.24) is 0 Å². The van der Waals surface area contributed by atoms with Crippen molar-refractivity contribution in [2.45, 2.75) is 11.3 Å². The molecule has 8 nitrogen and oxygen atoms in total. The Morgan fingerprint density at radius 3 is 2.58 bits per heavy atom. The molecule has 0 fully saturated rings. The first kappa shape index (κ1) is 15.3. The molecule has 0 saturated carbocycles. The molecule has 0 aliphatic carbocycles. The molecule has 1 rings (SSSR count). The number of hydrogen-bond acceptors (Lipinski definition) is 6. The average Bonchev–Trinajstić information content (AvgIpc) is 2.33. The van der Waals surface area contributed by atoms with Crippen LogP contribution in [0.15, 0.2) is 23.1 Å². The number of nitro groups is 1. The molecule has 0 aliphatic rings. The molecule has 0 unspecified atom stereocenters. The Morgan fingerprint density at radius 1 is 1.37 bits per heavy atom. The first-order chi connectivity index (χ1) is 8.86. The van der Waals surface area contributed by atoms with Gasteiger partial charge in [0.2, 0.25) is 10.0 Å². The maximum Gasteiger partial charge on any atom is 0.271 e. The van der Waals surface area contributed by atoms with E-state index in [9.17, 15) is 18.5 Å². The average molecular weight is 290 g/mol. The maximum absolute atomic E-state index is 11.4. The van der Waals surface area contributed by atoms with Gasteiger partial charge in [-0.1, -0.05) is 0 Å². The Kier molecular flexibility index (Phi) is 5.21. The van der Waals surface area contributed by atoms with E-state index in [-0.39, 0.29) is 18.0 Å². The van der Waals surface area contributed by atoms with Crippen LogP contribution in [0.5, 0.6) is 5.75 Å². The minimum Gasteiger partial charge on any atom is -0.492 e. The lowest BCUT2D eigenvalue weighted by Gasteiger charge is -2.09. The summed E-state index contributed by atoms with van der Waals surface area (Å²) in [6, 6.07) is 3.24. The zero-order valence-electron chi connectivity index (χ0n) is 10.2. The summed E-state index contributed by atoms with van der Waals surface area (Å²) in [7, 11) is -2.56. The Balaban J connectivity index is 3.00. The van der Waals surface area contributed by atoms with Crippen molar-refractivity contribution in [3.63, 3.8) is 0 Å². The number of nitrogens with two attached hydrogens (primary N) is 1. The second kappa shape index (κ2) is 6.45. The van der Waals surface area contributed by atoms with Gasteiger partial charge in [-0.15, -0.1) is 0 Å². The number of nitro benzene ring substituents is 1. The van der Waals surface area contributed by atoms with Crippen LogP contribution in [0, 0.1) is 10.1 Å². The van der Waals surface area contributed by atoms with Crippen LogP contribution in [0.3, 0.4) is 0 Å². The first-order valence-electron chi connectivity index (χ1n) is 5.29. The lowest BCUT2D eigenvalue weighted by molar-refractivity contribution is -0.385. The Labute approximate surface area is 110 Å². The molecule has 1 aromatic rings. The summed E-state index contributed by atoms with van der Waals surface area (Å²) in [6.45, 7) is 0.672. The number of nitrogens with zero attached hydrogens (tertiary/aromatic N) is 1. The summed E-state index contributed by atoms with van der Waals surface area (Å²) in [5.74, 6) is -0.01000. The van der Waals surface area contributed by atoms with E-state index in [1.807, 2.05) is 0 Å². The van der Waals surface area contributed by atoms with Gasteiger partial charge in [0, 0.05) is 32.3 Å². The maximum atomic E-state index is 11.4. The first-order valence-corrected chi connectivity index (χ1v) is 6.84. The fourth-order valence-electron chi connectivity index (χ4n) is 1.34. The highest BCUT2D eigenvalue weighted by Gasteiger charge is 2.19. The van der Waals surface area contributed by atoms with E-state index in [0.717, 1.165) is 12.1 Å². The van der Waals surface area contributed by atoms with Gasteiger partial charge in [0.05, 0.1) is 11.5 Å². The number of hydrogen-bond donors (Lipinski definition) is 1. The molecular weight excluding hydrogens is 276 g/mol. The second-order valence-electron chi connectivity index (χ2n) is 3.63. The van der Waals surface area contributed by atoms with Crippen LogP contribution in [0.25, 0.3) is 0 Å². The lowest BCUT2D eigenvalue weighted by atomic mass is 10.3. The van der Waals surface area contributed by atoms with E-state index in [1.165, 1.54) is 13.2 Å². The van der Waals surface area contributed by atoms with Crippen molar-refractivity contribution in [3.8, 4) is 5.75 Å². The zero-order valence-corrected chi connectivity index (χ0v) is 11.1. The third-order valence-electron chi connectivity index (χ3n) is 2.20. The molecule has 0 heterocycles. The van der Waals surface area contributed by atoms with Crippen LogP contribution >= 0.6 is 0 Å². The SMILES string of the molecule is COCCCOc1ccc([N+](=O)[O-])cc1S(N)(=O)=O. The molecule has 0 atom stereocenters. The van der Waals surface area contributed by atoms with Gasteiger partial charge in [-0.3, -0.25) is 10.1 Å². The molecule has 0 radical (unpaired) electrons. The van der Waals surface area contributed by atoms with Gasteiger partial charge < -0.3 is 9.47 Å². The number of non-ortho nitro benzene ring substituents is 1. The van der Waals surface area contributed by atoms with Gasteiger partial charge in [0.1, 0.15) is 10.6 Å². The summed E-state index contributed by atoms with van der Waals surface area (Å²) in [4.78, 5) is 9.49. The fraction of sp³-hybridized carbons (Fsp3) is 0.400. The molecule has 0 spiro atoms. The molecule has 106 valence electrons. The highest BCUT2D eigenvalue weighted by Crippen LogP contribution is 2.27. The molecule has 9 heteroatoms. The summed E-state index contributed by atoms with van der Waals surface area (Å²) in [6.07, 6.45) is 0.553. The van der Waals surface area contributed by atoms with Crippen molar-refractivity contribution in [2.75, 3.05) is 20.3 Å². The third kappa shape index (κ3) is 4.47. The van der Waals surface area contributed by atoms with Crippen molar-refractivity contribution in [1.29, 1.82) is 0 Å². The summed E-state index contributed by atoms with van der Waals surface area (Å²) in [5, 5.41) is 15.6. The van der Waals surface area contributed by atoms with Crippen LogP contribution in [-0.2, 0) is 14.8 Å². The van der Waals surface area contributed by atoms with Gasteiger partial charge in [-0.2, -0.15) is 0 Å². The van der Waals surface area contributed by atoms with Crippen LogP contribution in [0.2, 0.25) is 0 Å². The fourth-order valence-corrected chi connectivity index (χ4v) is 2.03. The monoisotopic (exact) mass is 290 g/mol. The van der Waals surface area contributed by atoms with Crippen molar-refractivity contribution < 1.29 is 22.8 Å².